The summed E-state index contributed by atoms with van der Waals surface area (Å²) in [6, 6.07) is 7.83. The Labute approximate surface area is 170 Å². The lowest BCUT2D eigenvalue weighted by atomic mass is 10.1. The predicted octanol–water partition coefficient (Wildman–Crippen LogP) is 2.76. The molecule has 0 fully saturated rings. The Morgan fingerprint density at radius 1 is 1.26 bits per heavy atom. The number of rotatable bonds is 8. The van der Waals surface area contributed by atoms with Crippen molar-refractivity contribution in [1.82, 2.24) is 10.3 Å². The maximum Gasteiger partial charge on any atom is 0.245 e. The molecule has 2 aromatic rings. The molecule has 0 bridgehead atoms. The molecule has 27 heavy (non-hydrogen) atoms. The second-order valence-corrected chi connectivity index (χ2v) is 7.63. The second-order valence-electron chi connectivity index (χ2n) is 6.52. The highest BCUT2D eigenvalue weighted by molar-refractivity contribution is 7.15. The summed E-state index contributed by atoms with van der Waals surface area (Å²) in [7, 11) is 0. The van der Waals surface area contributed by atoms with Gasteiger partial charge in [-0.2, -0.15) is 0 Å². The average molecular weight is 411 g/mol. The summed E-state index contributed by atoms with van der Waals surface area (Å²) >= 11 is 1.43. The van der Waals surface area contributed by atoms with Crippen molar-refractivity contribution in [3.8, 4) is 0 Å². The van der Waals surface area contributed by atoms with Gasteiger partial charge in [0.15, 0.2) is 5.13 Å². The first-order valence-electron chi connectivity index (χ1n) is 8.74. The van der Waals surface area contributed by atoms with E-state index in [0.717, 1.165) is 17.7 Å². The smallest absolute Gasteiger partial charge is 0.245 e. The fourth-order valence-electron chi connectivity index (χ4n) is 2.36. The van der Waals surface area contributed by atoms with Gasteiger partial charge >= 0.3 is 0 Å². The molecule has 1 aromatic carbocycles. The third-order valence-electron chi connectivity index (χ3n) is 4.02. The number of nitrogens with zero attached hydrogens (tertiary/aromatic N) is 1. The van der Waals surface area contributed by atoms with E-state index in [-0.39, 0.29) is 36.7 Å². The fraction of sp³-hybridized carbons (Fsp3) is 0.421. The van der Waals surface area contributed by atoms with Crippen molar-refractivity contribution in [2.24, 2.45) is 11.7 Å². The Morgan fingerprint density at radius 2 is 1.96 bits per heavy atom. The zero-order chi connectivity index (χ0) is 19.1. The number of carbonyl (C=O) groups excluding carboxylic acids is 2. The quantitative estimate of drug-likeness (QED) is 0.623. The van der Waals surface area contributed by atoms with Crippen LogP contribution in [0.2, 0.25) is 0 Å². The van der Waals surface area contributed by atoms with Crippen LogP contribution in [0.4, 0.5) is 5.13 Å². The molecule has 2 rings (SSSR count). The normalized spacial score (nSPS) is 11.6. The minimum absolute atomic E-state index is 0. The molecule has 0 unspecified atom stereocenters. The number of amides is 2. The molecule has 6 nitrogen and oxygen atoms in total. The van der Waals surface area contributed by atoms with Gasteiger partial charge in [-0.05, 0) is 23.5 Å². The van der Waals surface area contributed by atoms with E-state index in [1.54, 1.807) is 6.20 Å². The Balaban J connectivity index is 0.00000364. The minimum Gasteiger partial charge on any atom is -0.346 e. The monoisotopic (exact) mass is 410 g/mol. The lowest BCUT2D eigenvalue weighted by Crippen LogP contribution is -2.46. The summed E-state index contributed by atoms with van der Waals surface area (Å²) in [6.07, 6.45) is 3.55. The number of aromatic nitrogens is 1. The molecule has 0 saturated heterocycles. The van der Waals surface area contributed by atoms with Crippen molar-refractivity contribution in [3.05, 3.63) is 46.5 Å². The van der Waals surface area contributed by atoms with Crippen molar-refractivity contribution in [1.29, 1.82) is 0 Å². The maximum atomic E-state index is 12.0. The van der Waals surface area contributed by atoms with Crippen LogP contribution in [-0.4, -0.2) is 29.4 Å². The Morgan fingerprint density at radius 3 is 2.63 bits per heavy atom. The number of nitrogens with two attached hydrogens (primary N) is 1. The molecule has 1 heterocycles. The average Bonchev–Trinajstić information content (AvgIpc) is 3.05. The van der Waals surface area contributed by atoms with Crippen molar-refractivity contribution in [2.45, 2.75) is 39.7 Å². The summed E-state index contributed by atoms with van der Waals surface area (Å²) in [5.41, 5.74) is 8.27. The summed E-state index contributed by atoms with van der Waals surface area (Å²) in [5, 5.41) is 5.78. The van der Waals surface area contributed by atoms with Gasteiger partial charge in [0, 0.05) is 17.5 Å². The fourth-order valence-corrected chi connectivity index (χ4v) is 3.22. The molecule has 148 valence electrons. The summed E-state index contributed by atoms with van der Waals surface area (Å²) < 4.78 is 0. The Kier molecular flexibility index (Phi) is 9.41. The Hall–Kier alpha value is -1.96. The van der Waals surface area contributed by atoms with Gasteiger partial charge in [0.05, 0.1) is 12.6 Å². The van der Waals surface area contributed by atoms with Gasteiger partial charge in [-0.3, -0.25) is 9.59 Å². The highest BCUT2D eigenvalue weighted by Gasteiger charge is 2.17. The molecule has 4 N–H and O–H groups in total. The van der Waals surface area contributed by atoms with Crippen LogP contribution in [0.1, 0.15) is 36.8 Å². The third kappa shape index (κ3) is 7.28. The van der Waals surface area contributed by atoms with Crippen LogP contribution in [0, 0.1) is 5.92 Å². The Bertz CT molecular complexity index is 764. The van der Waals surface area contributed by atoms with Crippen molar-refractivity contribution in [3.63, 3.8) is 0 Å². The van der Waals surface area contributed by atoms with Gasteiger partial charge < -0.3 is 16.4 Å². The maximum absolute atomic E-state index is 12.0. The van der Waals surface area contributed by atoms with Crippen LogP contribution in [-0.2, 0) is 22.4 Å². The topological polar surface area (TPSA) is 97.1 Å². The zero-order valence-electron chi connectivity index (χ0n) is 15.8. The molecule has 0 saturated carbocycles. The van der Waals surface area contributed by atoms with Crippen LogP contribution < -0.4 is 16.4 Å². The standard InChI is InChI=1S/C19H26N4O2S.ClH/c1-4-13-6-5-7-14(8-13)9-15-10-22-19(26-15)23-16(24)11-21-18(25)17(20)12(2)3;/h5-8,10,12,17H,4,9,11,20H2,1-3H3,(H,21,25)(H,22,23,24);1H/t17-;/m0./s1. The highest BCUT2D eigenvalue weighted by atomic mass is 35.5. The first-order chi connectivity index (χ1) is 12.4. The van der Waals surface area contributed by atoms with Gasteiger partial charge in [0.1, 0.15) is 0 Å². The molecule has 0 radical (unpaired) electrons. The number of thiazole rings is 1. The molecule has 1 aromatic heterocycles. The molecule has 1 atom stereocenters. The molecule has 8 heteroatoms. The molecule has 0 spiro atoms. The van der Waals surface area contributed by atoms with Crippen molar-refractivity contribution in [2.75, 3.05) is 11.9 Å². The molecule has 0 aliphatic carbocycles. The van der Waals surface area contributed by atoms with E-state index in [9.17, 15) is 9.59 Å². The first-order valence-corrected chi connectivity index (χ1v) is 9.56. The number of anilines is 1. The van der Waals surface area contributed by atoms with Crippen LogP contribution in [0.25, 0.3) is 0 Å². The zero-order valence-corrected chi connectivity index (χ0v) is 17.5. The van der Waals surface area contributed by atoms with E-state index < -0.39 is 6.04 Å². The predicted molar refractivity (Wildman–Crippen MR) is 112 cm³/mol. The number of hydrogen-bond acceptors (Lipinski definition) is 5. The van der Waals surface area contributed by atoms with E-state index in [0.29, 0.717) is 5.13 Å². The van der Waals surface area contributed by atoms with Gasteiger partial charge in [0.25, 0.3) is 0 Å². The SMILES string of the molecule is CCc1cccc(Cc2cnc(NC(=O)CNC(=O)[C@@H](N)C(C)C)s2)c1.Cl. The van der Waals surface area contributed by atoms with E-state index in [1.807, 2.05) is 13.8 Å². The van der Waals surface area contributed by atoms with Crippen LogP contribution in [0.15, 0.2) is 30.5 Å². The number of nitrogens with one attached hydrogen (secondary N) is 2. The number of benzene rings is 1. The molecule has 0 aliphatic heterocycles. The van der Waals surface area contributed by atoms with E-state index in [2.05, 4.69) is 46.8 Å². The molecule has 0 aliphatic rings. The molecular weight excluding hydrogens is 384 g/mol. The number of halogens is 1. The van der Waals surface area contributed by atoms with E-state index in [4.69, 9.17) is 5.73 Å². The third-order valence-corrected chi connectivity index (χ3v) is 4.93. The number of aryl methyl sites for hydroxylation is 1. The summed E-state index contributed by atoms with van der Waals surface area (Å²) in [6.45, 7) is 5.73. The van der Waals surface area contributed by atoms with Gasteiger partial charge in [-0.15, -0.1) is 23.7 Å². The van der Waals surface area contributed by atoms with Crippen molar-refractivity contribution < 1.29 is 9.59 Å². The lowest BCUT2D eigenvalue weighted by molar-refractivity contribution is -0.125. The molecular formula is C19H27ClN4O2S. The first kappa shape index (κ1) is 23.1. The highest BCUT2D eigenvalue weighted by Crippen LogP contribution is 2.21. The van der Waals surface area contributed by atoms with Gasteiger partial charge in [0.2, 0.25) is 11.8 Å². The van der Waals surface area contributed by atoms with E-state index >= 15 is 0 Å². The van der Waals surface area contributed by atoms with Gasteiger partial charge in [-0.1, -0.05) is 45.0 Å². The van der Waals surface area contributed by atoms with E-state index in [1.165, 1.54) is 22.5 Å². The van der Waals surface area contributed by atoms with Crippen LogP contribution in [0.3, 0.4) is 0 Å². The summed E-state index contributed by atoms with van der Waals surface area (Å²) in [5.74, 6) is -0.625. The second kappa shape index (κ2) is 11.0. The summed E-state index contributed by atoms with van der Waals surface area (Å²) in [4.78, 5) is 29.0. The number of hydrogen-bond donors (Lipinski definition) is 3. The largest absolute Gasteiger partial charge is 0.346 e. The van der Waals surface area contributed by atoms with Gasteiger partial charge in [-0.25, -0.2) is 4.98 Å². The van der Waals surface area contributed by atoms with Crippen molar-refractivity contribution >= 4 is 40.7 Å². The molecule has 2 amide bonds. The lowest BCUT2D eigenvalue weighted by Gasteiger charge is -2.14. The number of carbonyl (C=O) groups is 2. The minimum atomic E-state index is -0.617. The van der Waals surface area contributed by atoms with Crippen LogP contribution in [0.5, 0.6) is 0 Å². The van der Waals surface area contributed by atoms with Crippen LogP contribution >= 0.6 is 23.7 Å².